The van der Waals surface area contributed by atoms with Crippen molar-refractivity contribution in [3.05, 3.63) is 88.5 Å². The Bertz CT molecular complexity index is 1350. The number of hydrogen-bond donors (Lipinski definition) is 1. The molecule has 3 aromatic rings. The molecule has 7 nitrogen and oxygen atoms in total. The average molecular weight is 536 g/mol. The highest BCUT2D eigenvalue weighted by Gasteiger charge is 2.47. The minimum Gasteiger partial charge on any atom is -0.507 e. The maximum atomic E-state index is 13.4. The summed E-state index contributed by atoms with van der Waals surface area (Å²) in [5.41, 5.74) is 1.40. The van der Waals surface area contributed by atoms with Crippen LogP contribution in [0.1, 0.15) is 37.9 Å². The summed E-state index contributed by atoms with van der Waals surface area (Å²) in [5, 5.41) is 11.8. The second-order valence-corrected chi connectivity index (χ2v) is 9.63. The maximum Gasteiger partial charge on any atom is 0.300 e. The zero-order valence-corrected chi connectivity index (χ0v) is 22.5. The van der Waals surface area contributed by atoms with Crippen LogP contribution in [-0.4, -0.2) is 37.1 Å². The quantitative estimate of drug-likeness (QED) is 0.194. The van der Waals surface area contributed by atoms with Crippen molar-refractivity contribution in [2.75, 3.05) is 25.2 Å². The van der Waals surface area contributed by atoms with Crippen molar-refractivity contribution in [2.45, 2.75) is 26.8 Å². The average Bonchev–Trinajstić information content (AvgIpc) is 3.18. The lowest BCUT2D eigenvalue weighted by Gasteiger charge is -2.26. The van der Waals surface area contributed by atoms with E-state index in [1.165, 1.54) is 4.90 Å². The van der Waals surface area contributed by atoms with E-state index in [1.54, 1.807) is 73.8 Å². The summed E-state index contributed by atoms with van der Waals surface area (Å²) in [6, 6.07) is 17.8. The van der Waals surface area contributed by atoms with Crippen molar-refractivity contribution in [3.8, 4) is 17.2 Å². The van der Waals surface area contributed by atoms with Gasteiger partial charge >= 0.3 is 0 Å². The van der Waals surface area contributed by atoms with E-state index < -0.39 is 17.7 Å². The molecule has 1 unspecified atom stereocenters. The normalized spacial score (nSPS) is 16.7. The molecule has 0 bridgehead atoms. The number of carbonyl (C=O) groups excluding carboxylic acids is 2. The molecule has 1 fully saturated rings. The van der Waals surface area contributed by atoms with Gasteiger partial charge in [0.1, 0.15) is 23.0 Å². The molecule has 0 aromatic heterocycles. The molecule has 38 heavy (non-hydrogen) atoms. The Labute approximate surface area is 227 Å². The summed E-state index contributed by atoms with van der Waals surface area (Å²) in [7, 11) is 1.56. The number of ether oxygens (including phenoxy) is 3. The topological polar surface area (TPSA) is 85.3 Å². The second-order valence-electron chi connectivity index (χ2n) is 9.22. The van der Waals surface area contributed by atoms with Crippen molar-refractivity contribution in [2.24, 2.45) is 5.92 Å². The van der Waals surface area contributed by atoms with Gasteiger partial charge in [-0.2, -0.15) is 0 Å². The lowest BCUT2D eigenvalue weighted by atomic mass is 9.95. The van der Waals surface area contributed by atoms with Crippen LogP contribution < -0.4 is 19.1 Å². The predicted molar refractivity (Wildman–Crippen MR) is 147 cm³/mol. The van der Waals surface area contributed by atoms with Crippen molar-refractivity contribution < 1.29 is 28.9 Å². The molecule has 1 amide bonds. The fourth-order valence-corrected chi connectivity index (χ4v) is 4.41. The summed E-state index contributed by atoms with van der Waals surface area (Å²) in [4.78, 5) is 28.2. The van der Waals surface area contributed by atoms with Crippen LogP contribution in [0.5, 0.6) is 17.2 Å². The summed E-state index contributed by atoms with van der Waals surface area (Å²) >= 11 is 6.23. The highest BCUT2D eigenvalue weighted by Crippen LogP contribution is 2.43. The highest BCUT2D eigenvalue weighted by atomic mass is 35.5. The number of rotatable bonds is 9. The van der Waals surface area contributed by atoms with E-state index in [2.05, 4.69) is 13.8 Å². The van der Waals surface area contributed by atoms with Gasteiger partial charge in [-0.15, -0.1) is 0 Å². The van der Waals surface area contributed by atoms with E-state index in [4.69, 9.17) is 25.8 Å². The summed E-state index contributed by atoms with van der Waals surface area (Å²) in [5.74, 6) is 0.143. The van der Waals surface area contributed by atoms with Gasteiger partial charge in [0, 0.05) is 11.3 Å². The Kier molecular flexibility index (Phi) is 8.27. The smallest absolute Gasteiger partial charge is 0.300 e. The molecule has 1 aliphatic rings. The molecule has 8 heteroatoms. The van der Waals surface area contributed by atoms with E-state index >= 15 is 0 Å². The minimum absolute atomic E-state index is 0.0370. The first-order valence-electron chi connectivity index (χ1n) is 12.4. The molecule has 4 rings (SSSR count). The van der Waals surface area contributed by atoms with E-state index in [1.807, 2.05) is 6.92 Å². The number of nitrogens with zero attached hydrogens (tertiary/aromatic N) is 1. The summed E-state index contributed by atoms with van der Waals surface area (Å²) in [6.45, 7) is 6.86. The molecular formula is C30H30ClNO6. The first-order valence-corrected chi connectivity index (χ1v) is 12.7. The zero-order valence-electron chi connectivity index (χ0n) is 21.7. The third-order valence-electron chi connectivity index (χ3n) is 6.08. The number of benzene rings is 3. The van der Waals surface area contributed by atoms with Crippen LogP contribution >= 0.6 is 11.6 Å². The molecule has 0 spiro atoms. The van der Waals surface area contributed by atoms with Crippen LogP contribution in [-0.2, 0) is 9.59 Å². The van der Waals surface area contributed by atoms with E-state index in [9.17, 15) is 14.7 Å². The van der Waals surface area contributed by atoms with Gasteiger partial charge in [-0.05, 0) is 73.0 Å². The molecule has 1 aliphatic heterocycles. The number of aliphatic hydroxyl groups is 1. The standard InChI is InChI=1S/C30H30ClNO6/c1-5-37-25-16-20(8-15-24(25)31)28(33)26-27(19-6-11-22(36-4)12-7-19)32(30(35)29(26)34)21-9-13-23(14-10-21)38-17-18(2)3/h6-16,18,27,33H,5,17H2,1-4H3/b28-26-. The monoisotopic (exact) mass is 535 g/mol. The molecule has 0 radical (unpaired) electrons. The first-order chi connectivity index (χ1) is 18.2. The van der Waals surface area contributed by atoms with Gasteiger partial charge in [0.25, 0.3) is 11.7 Å². The maximum absolute atomic E-state index is 13.4. The fourth-order valence-electron chi connectivity index (χ4n) is 4.24. The SMILES string of the molecule is CCOc1cc(/C(O)=C2/C(=O)C(=O)N(c3ccc(OCC(C)C)cc3)C2c2ccc(OC)cc2)ccc1Cl. The summed E-state index contributed by atoms with van der Waals surface area (Å²) < 4.78 is 16.6. The first kappa shape index (κ1) is 27.1. The van der Waals surface area contributed by atoms with Crippen molar-refractivity contribution in [1.29, 1.82) is 0 Å². The molecule has 0 saturated carbocycles. The third-order valence-corrected chi connectivity index (χ3v) is 6.39. The van der Waals surface area contributed by atoms with Gasteiger partial charge in [-0.1, -0.05) is 37.6 Å². The van der Waals surface area contributed by atoms with Crippen LogP contribution in [0.25, 0.3) is 5.76 Å². The third kappa shape index (κ3) is 5.48. The molecule has 1 N–H and O–H groups in total. The van der Waals surface area contributed by atoms with Gasteiger partial charge in [-0.25, -0.2) is 0 Å². The van der Waals surface area contributed by atoms with Crippen LogP contribution in [0.3, 0.4) is 0 Å². The van der Waals surface area contributed by atoms with Gasteiger partial charge in [0.15, 0.2) is 0 Å². The molecule has 1 saturated heterocycles. The van der Waals surface area contributed by atoms with Crippen LogP contribution in [0.2, 0.25) is 5.02 Å². The number of carbonyl (C=O) groups is 2. The van der Waals surface area contributed by atoms with E-state index in [0.29, 0.717) is 58.2 Å². The molecule has 3 aromatic carbocycles. The second kappa shape index (κ2) is 11.6. The Morgan fingerprint density at radius 2 is 1.63 bits per heavy atom. The number of Topliss-reactive ketones (excluding diaryl/α,β-unsaturated/α-hetero) is 1. The Balaban J connectivity index is 1.83. The largest absolute Gasteiger partial charge is 0.507 e. The van der Waals surface area contributed by atoms with Gasteiger partial charge in [0.2, 0.25) is 0 Å². The molecule has 1 atom stereocenters. The zero-order chi connectivity index (χ0) is 27.4. The predicted octanol–water partition coefficient (Wildman–Crippen LogP) is 6.41. The number of aliphatic hydroxyl groups excluding tert-OH is 1. The number of halogens is 1. The number of methoxy groups -OCH3 is 1. The molecule has 0 aliphatic carbocycles. The van der Waals surface area contributed by atoms with Crippen LogP contribution in [0, 0.1) is 5.92 Å². The van der Waals surface area contributed by atoms with Gasteiger partial charge < -0.3 is 19.3 Å². The van der Waals surface area contributed by atoms with Crippen LogP contribution in [0.15, 0.2) is 72.3 Å². The van der Waals surface area contributed by atoms with E-state index in [-0.39, 0.29) is 11.3 Å². The fraction of sp³-hybridized carbons (Fsp3) is 0.267. The minimum atomic E-state index is -0.880. The van der Waals surface area contributed by atoms with Crippen molar-refractivity contribution in [3.63, 3.8) is 0 Å². The van der Waals surface area contributed by atoms with Crippen molar-refractivity contribution in [1.82, 2.24) is 0 Å². The van der Waals surface area contributed by atoms with Gasteiger partial charge in [0.05, 0.1) is 37.0 Å². The summed E-state index contributed by atoms with van der Waals surface area (Å²) in [6.07, 6.45) is 0. The van der Waals surface area contributed by atoms with Gasteiger partial charge in [-0.3, -0.25) is 14.5 Å². The van der Waals surface area contributed by atoms with Crippen LogP contribution in [0.4, 0.5) is 5.69 Å². The number of hydrogen-bond acceptors (Lipinski definition) is 6. The lowest BCUT2D eigenvalue weighted by molar-refractivity contribution is -0.132. The Morgan fingerprint density at radius 1 is 0.974 bits per heavy atom. The number of amides is 1. The Hall–Kier alpha value is -3.97. The van der Waals surface area contributed by atoms with E-state index in [0.717, 1.165) is 0 Å². The lowest BCUT2D eigenvalue weighted by Crippen LogP contribution is -2.29. The number of ketones is 1. The number of anilines is 1. The van der Waals surface area contributed by atoms with Crippen molar-refractivity contribution >= 4 is 34.7 Å². The molecule has 198 valence electrons. The molecular weight excluding hydrogens is 506 g/mol. The Morgan fingerprint density at radius 3 is 2.24 bits per heavy atom. The highest BCUT2D eigenvalue weighted by molar-refractivity contribution is 6.51. The molecule has 1 heterocycles.